The van der Waals surface area contributed by atoms with Gasteiger partial charge in [0.15, 0.2) is 5.78 Å². The normalized spacial score (nSPS) is 24.7. The van der Waals surface area contributed by atoms with Gasteiger partial charge in [-0.25, -0.2) is 4.98 Å². The lowest BCUT2D eigenvalue weighted by molar-refractivity contribution is -0.134. The highest BCUT2D eigenvalue weighted by molar-refractivity contribution is 7.13. The van der Waals surface area contributed by atoms with Crippen LogP contribution in [0.2, 0.25) is 0 Å². The minimum atomic E-state index is -0.695. The number of aliphatic hydroxyl groups is 1. The number of carbonyl (C=O) groups excluding carboxylic acids is 2. The molecule has 1 N–H and O–H groups in total. The second kappa shape index (κ2) is 9.65. The van der Waals surface area contributed by atoms with E-state index in [0.717, 1.165) is 32.8 Å². The van der Waals surface area contributed by atoms with Gasteiger partial charge in [-0.05, 0) is 55.4 Å². The third-order valence-corrected chi connectivity index (χ3v) is 8.93. The summed E-state index contributed by atoms with van der Waals surface area (Å²) in [6.45, 7) is 8.32. The molecule has 2 aliphatic rings. The molecule has 5 rings (SSSR count). The van der Waals surface area contributed by atoms with Crippen LogP contribution in [-0.2, 0) is 22.1 Å². The van der Waals surface area contributed by atoms with E-state index >= 15 is 0 Å². The van der Waals surface area contributed by atoms with Crippen molar-refractivity contribution in [3.05, 3.63) is 70.6 Å². The van der Waals surface area contributed by atoms with Crippen molar-refractivity contribution in [2.45, 2.75) is 64.0 Å². The molecule has 4 atom stereocenters. The Kier molecular flexibility index (Phi) is 6.66. The molecule has 8 heteroatoms. The smallest absolute Gasteiger partial charge is 0.231 e. The zero-order chi connectivity index (χ0) is 26.5. The highest BCUT2D eigenvalue weighted by atomic mass is 32.1. The van der Waals surface area contributed by atoms with Crippen LogP contribution in [0.4, 0.5) is 0 Å². The van der Waals surface area contributed by atoms with E-state index in [2.05, 4.69) is 22.2 Å². The van der Waals surface area contributed by atoms with Crippen molar-refractivity contribution < 1.29 is 14.7 Å². The van der Waals surface area contributed by atoms with Gasteiger partial charge in [-0.2, -0.15) is 5.10 Å². The quantitative estimate of drug-likeness (QED) is 0.522. The number of amides is 1. The summed E-state index contributed by atoms with van der Waals surface area (Å²) in [6.07, 6.45) is 5.72. The number of aromatic nitrogens is 3. The molecule has 0 saturated carbocycles. The summed E-state index contributed by atoms with van der Waals surface area (Å²) >= 11 is 1.61. The first-order valence-electron chi connectivity index (χ1n) is 12.8. The van der Waals surface area contributed by atoms with Crippen LogP contribution in [0.3, 0.4) is 0 Å². The van der Waals surface area contributed by atoms with E-state index in [1.54, 1.807) is 33.2 Å². The van der Waals surface area contributed by atoms with Crippen LogP contribution in [0, 0.1) is 12.8 Å². The number of carbonyl (C=O) groups is 2. The van der Waals surface area contributed by atoms with E-state index in [4.69, 9.17) is 0 Å². The lowest BCUT2D eigenvalue weighted by atomic mass is 9.77. The molecule has 37 heavy (non-hydrogen) atoms. The van der Waals surface area contributed by atoms with Crippen LogP contribution >= 0.6 is 11.3 Å². The Hall–Kier alpha value is -3.10. The number of aliphatic hydroxyl groups excluding tert-OH is 1. The van der Waals surface area contributed by atoms with Crippen LogP contribution < -0.4 is 0 Å². The summed E-state index contributed by atoms with van der Waals surface area (Å²) in [7, 11) is 1.84. The fraction of sp³-hybridized carbons (Fsp3) is 0.448. The van der Waals surface area contributed by atoms with Crippen LogP contribution in [0.25, 0.3) is 10.4 Å². The number of thiazole rings is 1. The zero-order valence-electron chi connectivity index (χ0n) is 22.0. The van der Waals surface area contributed by atoms with Crippen molar-refractivity contribution in [1.82, 2.24) is 19.7 Å². The Labute approximate surface area is 221 Å². The molecule has 1 fully saturated rings. The van der Waals surface area contributed by atoms with Crippen molar-refractivity contribution >= 4 is 23.0 Å². The minimum Gasteiger partial charge on any atom is -0.391 e. The first-order valence-corrected chi connectivity index (χ1v) is 13.7. The highest BCUT2D eigenvalue weighted by Gasteiger charge is 2.46. The van der Waals surface area contributed by atoms with E-state index in [1.165, 1.54) is 0 Å². The number of allylic oxidation sites excluding steroid dienone is 1. The van der Waals surface area contributed by atoms with Crippen molar-refractivity contribution in [2.75, 3.05) is 6.54 Å². The first-order chi connectivity index (χ1) is 17.6. The summed E-state index contributed by atoms with van der Waals surface area (Å²) in [6, 6.07) is 7.90. The molecule has 7 nitrogen and oxygen atoms in total. The lowest BCUT2D eigenvalue weighted by Gasteiger charge is -2.32. The van der Waals surface area contributed by atoms with Gasteiger partial charge in [-0.3, -0.25) is 14.3 Å². The number of likely N-dealkylation sites (tertiary alicyclic amines) is 1. The van der Waals surface area contributed by atoms with Crippen molar-refractivity contribution in [3.8, 4) is 10.4 Å². The van der Waals surface area contributed by atoms with E-state index in [9.17, 15) is 14.7 Å². The molecule has 1 saturated heterocycles. The van der Waals surface area contributed by atoms with Gasteiger partial charge in [0.1, 0.15) is 0 Å². The molecule has 1 aromatic carbocycles. The molecule has 1 aliphatic carbocycles. The van der Waals surface area contributed by atoms with Crippen LogP contribution in [-0.4, -0.2) is 55.2 Å². The van der Waals surface area contributed by atoms with Gasteiger partial charge >= 0.3 is 0 Å². The Bertz CT molecular complexity index is 1360. The molecule has 3 aromatic rings. The Morgan fingerprint density at radius 2 is 1.97 bits per heavy atom. The van der Waals surface area contributed by atoms with Gasteiger partial charge in [-0.15, -0.1) is 11.3 Å². The van der Waals surface area contributed by atoms with Crippen molar-refractivity contribution in [1.29, 1.82) is 0 Å². The maximum absolute atomic E-state index is 13.9. The number of aryl methyl sites for hydroxylation is 2. The number of nitrogens with zero attached hydrogens (tertiary/aromatic N) is 4. The van der Waals surface area contributed by atoms with Gasteiger partial charge < -0.3 is 10.0 Å². The summed E-state index contributed by atoms with van der Waals surface area (Å²) in [5, 5.41) is 14.9. The van der Waals surface area contributed by atoms with Crippen LogP contribution in [0.15, 0.2) is 53.8 Å². The molecular formula is C29H34N4O3S. The maximum atomic E-state index is 13.9. The monoisotopic (exact) mass is 518 g/mol. The first kappa shape index (κ1) is 25.5. The van der Waals surface area contributed by atoms with Gasteiger partial charge in [0.2, 0.25) is 5.91 Å². The van der Waals surface area contributed by atoms with Gasteiger partial charge in [0.05, 0.1) is 45.8 Å². The summed E-state index contributed by atoms with van der Waals surface area (Å²) in [5.41, 5.74) is 6.00. The minimum absolute atomic E-state index is 0.0178. The second-order valence-electron chi connectivity index (χ2n) is 11.0. The second-order valence-corrected chi connectivity index (χ2v) is 11.9. The number of hydrogen-bond donors (Lipinski definition) is 1. The highest BCUT2D eigenvalue weighted by Crippen LogP contribution is 2.43. The number of rotatable bonds is 6. The molecule has 0 radical (unpaired) electrons. The average molecular weight is 519 g/mol. The Morgan fingerprint density at radius 3 is 2.57 bits per heavy atom. The third-order valence-electron chi connectivity index (χ3n) is 7.95. The fourth-order valence-corrected chi connectivity index (χ4v) is 6.71. The number of benzene rings is 1. The Balaban J connectivity index is 1.39. The Morgan fingerprint density at radius 1 is 1.24 bits per heavy atom. The molecule has 3 heterocycles. The molecular weight excluding hydrogens is 484 g/mol. The largest absolute Gasteiger partial charge is 0.391 e. The van der Waals surface area contributed by atoms with E-state index in [1.807, 2.05) is 58.6 Å². The third kappa shape index (κ3) is 4.57. The molecule has 0 spiro atoms. The van der Waals surface area contributed by atoms with E-state index in [-0.39, 0.29) is 36.1 Å². The fourth-order valence-electron chi connectivity index (χ4n) is 5.90. The lowest BCUT2D eigenvalue weighted by Crippen LogP contribution is -2.41. The molecule has 194 valence electrons. The van der Waals surface area contributed by atoms with Gasteiger partial charge in [0, 0.05) is 25.4 Å². The standard InChI is InChI=1S/C29H34N4O3S/c1-17(2)26(21-13-31-32(5)14-21)28(36)33-15-23(34)11-24(33)20-10-25(35)29(4,12-20)22-8-6-19(7-9-22)27-18(3)30-16-37-27/h6-10,13-14,16-17,23-24,26,34H,11-12,15H2,1-5H3/t23-,24+,26-,29+/m1/s1. The number of ketones is 1. The molecule has 0 unspecified atom stereocenters. The van der Waals surface area contributed by atoms with Crippen molar-refractivity contribution in [3.63, 3.8) is 0 Å². The number of β-amino-alcohol motifs (C(OH)–C–C–N with tert-alkyl or cyclic N) is 1. The molecule has 1 amide bonds. The average Bonchev–Trinajstić information content (AvgIpc) is 3.62. The van der Waals surface area contributed by atoms with Crippen LogP contribution in [0.5, 0.6) is 0 Å². The number of hydrogen-bond acceptors (Lipinski definition) is 6. The predicted octanol–water partition coefficient (Wildman–Crippen LogP) is 4.41. The molecule has 1 aliphatic heterocycles. The van der Waals surface area contributed by atoms with E-state index < -0.39 is 11.5 Å². The SMILES string of the molecule is Cc1ncsc1-c1ccc([C@]2(C)CC([C@@H]3C[C@@H](O)CN3C(=O)[C@@H](c3cnn(C)c3)C(C)C)=CC2=O)cc1. The molecule has 2 aromatic heterocycles. The molecule has 0 bridgehead atoms. The topological polar surface area (TPSA) is 88.3 Å². The summed E-state index contributed by atoms with van der Waals surface area (Å²) < 4.78 is 1.71. The zero-order valence-corrected chi connectivity index (χ0v) is 22.8. The van der Waals surface area contributed by atoms with Gasteiger partial charge in [-0.1, -0.05) is 38.1 Å². The van der Waals surface area contributed by atoms with Crippen molar-refractivity contribution in [2.24, 2.45) is 13.0 Å². The van der Waals surface area contributed by atoms with Gasteiger partial charge in [0.25, 0.3) is 0 Å². The summed E-state index contributed by atoms with van der Waals surface area (Å²) in [5.74, 6) is -0.255. The van der Waals surface area contributed by atoms with E-state index in [0.29, 0.717) is 12.8 Å². The maximum Gasteiger partial charge on any atom is 0.231 e. The summed E-state index contributed by atoms with van der Waals surface area (Å²) in [4.78, 5) is 34.5. The predicted molar refractivity (Wildman–Crippen MR) is 144 cm³/mol. The van der Waals surface area contributed by atoms with Crippen LogP contribution in [0.1, 0.15) is 56.4 Å².